The Morgan fingerprint density at radius 2 is 1.82 bits per heavy atom. The molecule has 0 bridgehead atoms. The highest BCUT2D eigenvalue weighted by Crippen LogP contribution is 2.47. The standard InChI is InChI=1S/C23H36N4.HI/c1-19-4-6-21(7-5-19)17-26-13-8-20(9-14-26)16-25-22(24-2)27-15-12-23(18-27)10-3-11-23;/h4-7,20H,3,8-18H2,1-2H3,(H,24,25);1H. The van der Waals surface area contributed by atoms with Crippen LogP contribution in [0.25, 0.3) is 0 Å². The van der Waals surface area contributed by atoms with Gasteiger partial charge in [0.2, 0.25) is 0 Å². The lowest BCUT2D eigenvalue weighted by molar-refractivity contribution is 0.151. The number of guanidine groups is 1. The van der Waals surface area contributed by atoms with Crippen LogP contribution >= 0.6 is 24.0 Å². The number of hydrogen-bond acceptors (Lipinski definition) is 2. The van der Waals surface area contributed by atoms with Gasteiger partial charge < -0.3 is 10.2 Å². The lowest BCUT2D eigenvalue weighted by Gasteiger charge is -2.38. The summed E-state index contributed by atoms with van der Waals surface area (Å²) >= 11 is 0. The first-order chi connectivity index (χ1) is 13.2. The summed E-state index contributed by atoms with van der Waals surface area (Å²) in [5.74, 6) is 1.91. The van der Waals surface area contributed by atoms with Gasteiger partial charge in [-0.2, -0.15) is 0 Å². The summed E-state index contributed by atoms with van der Waals surface area (Å²) in [5, 5.41) is 3.70. The SMILES string of the molecule is CN=C(NCC1CCN(Cc2ccc(C)cc2)CC1)N1CCC2(CCC2)C1.I. The maximum absolute atomic E-state index is 4.58. The van der Waals surface area contributed by atoms with Gasteiger partial charge in [0.15, 0.2) is 5.96 Å². The molecule has 3 fully saturated rings. The van der Waals surface area contributed by atoms with Crippen LogP contribution in [0.3, 0.4) is 0 Å². The van der Waals surface area contributed by atoms with Crippen molar-refractivity contribution in [3.63, 3.8) is 0 Å². The zero-order valence-corrected chi connectivity index (χ0v) is 20.0. The highest BCUT2D eigenvalue weighted by Gasteiger charge is 2.43. The van der Waals surface area contributed by atoms with E-state index < -0.39 is 0 Å². The molecular formula is C23H37IN4. The van der Waals surface area contributed by atoms with Crippen molar-refractivity contribution in [1.82, 2.24) is 15.1 Å². The van der Waals surface area contributed by atoms with Gasteiger partial charge in [-0.1, -0.05) is 36.2 Å². The highest BCUT2D eigenvalue weighted by atomic mass is 127. The zero-order chi connectivity index (χ0) is 18.7. The monoisotopic (exact) mass is 496 g/mol. The van der Waals surface area contributed by atoms with Crippen LogP contribution in [0.5, 0.6) is 0 Å². The lowest BCUT2D eigenvalue weighted by Crippen LogP contribution is -2.45. The van der Waals surface area contributed by atoms with Crippen LogP contribution in [0.15, 0.2) is 29.3 Å². The molecule has 0 aromatic heterocycles. The molecule has 1 N–H and O–H groups in total. The molecule has 2 heterocycles. The fraction of sp³-hybridized carbons (Fsp3) is 0.696. The first-order valence-electron chi connectivity index (χ1n) is 10.9. The molecule has 3 aliphatic rings. The first-order valence-corrected chi connectivity index (χ1v) is 10.9. The second kappa shape index (κ2) is 9.79. The number of nitrogens with zero attached hydrogens (tertiary/aromatic N) is 3. The summed E-state index contributed by atoms with van der Waals surface area (Å²) < 4.78 is 0. The van der Waals surface area contributed by atoms with E-state index in [1.807, 2.05) is 7.05 Å². The fourth-order valence-electron chi connectivity index (χ4n) is 5.07. The topological polar surface area (TPSA) is 30.9 Å². The molecule has 0 radical (unpaired) electrons. The fourth-order valence-corrected chi connectivity index (χ4v) is 5.07. The number of aliphatic imine (C=N–C) groups is 1. The van der Waals surface area contributed by atoms with Crippen molar-refractivity contribution in [2.75, 3.05) is 39.8 Å². The quantitative estimate of drug-likeness (QED) is 0.384. The van der Waals surface area contributed by atoms with Crippen molar-refractivity contribution in [1.29, 1.82) is 0 Å². The summed E-state index contributed by atoms with van der Waals surface area (Å²) in [6, 6.07) is 9.00. The van der Waals surface area contributed by atoms with E-state index in [1.165, 1.54) is 75.8 Å². The average Bonchev–Trinajstić information content (AvgIpc) is 3.12. The zero-order valence-electron chi connectivity index (χ0n) is 17.6. The summed E-state index contributed by atoms with van der Waals surface area (Å²) in [6.45, 7) is 9.17. The number of halogens is 1. The third-order valence-corrected chi connectivity index (χ3v) is 7.15. The van der Waals surface area contributed by atoms with Gasteiger partial charge in [-0.3, -0.25) is 9.89 Å². The largest absolute Gasteiger partial charge is 0.356 e. The van der Waals surface area contributed by atoms with Gasteiger partial charge in [0, 0.05) is 33.2 Å². The van der Waals surface area contributed by atoms with Crippen LogP contribution in [0.2, 0.25) is 0 Å². The van der Waals surface area contributed by atoms with E-state index in [1.54, 1.807) is 0 Å². The normalized spacial score (nSPS) is 22.8. The molecule has 2 aliphatic heterocycles. The molecule has 4 rings (SSSR count). The highest BCUT2D eigenvalue weighted by molar-refractivity contribution is 14.0. The molecule has 1 aromatic rings. The Hall–Kier alpha value is -0.820. The predicted octanol–water partition coefficient (Wildman–Crippen LogP) is 4.28. The molecule has 28 heavy (non-hydrogen) atoms. The third-order valence-electron chi connectivity index (χ3n) is 7.15. The Kier molecular flexibility index (Phi) is 7.65. The first kappa shape index (κ1) is 21.9. The van der Waals surface area contributed by atoms with Crippen molar-refractivity contribution in [3.8, 4) is 0 Å². The Labute approximate surface area is 188 Å². The summed E-state index contributed by atoms with van der Waals surface area (Å²) in [6.07, 6.45) is 8.24. The van der Waals surface area contributed by atoms with Crippen LogP contribution < -0.4 is 5.32 Å². The smallest absolute Gasteiger partial charge is 0.193 e. The molecule has 1 aliphatic carbocycles. The van der Waals surface area contributed by atoms with E-state index in [-0.39, 0.29) is 24.0 Å². The molecule has 1 saturated carbocycles. The van der Waals surface area contributed by atoms with E-state index in [9.17, 15) is 0 Å². The molecule has 2 saturated heterocycles. The summed E-state index contributed by atoms with van der Waals surface area (Å²) in [5.41, 5.74) is 3.42. The van der Waals surface area contributed by atoms with Crippen molar-refractivity contribution in [2.45, 2.75) is 52.0 Å². The molecule has 1 aromatic carbocycles. The average molecular weight is 496 g/mol. The minimum absolute atomic E-state index is 0. The molecule has 0 atom stereocenters. The number of nitrogens with one attached hydrogen (secondary N) is 1. The van der Waals surface area contributed by atoms with Crippen molar-refractivity contribution >= 4 is 29.9 Å². The van der Waals surface area contributed by atoms with Gasteiger partial charge >= 0.3 is 0 Å². The number of hydrogen-bond donors (Lipinski definition) is 1. The molecule has 0 amide bonds. The number of piperidine rings is 1. The Bertz CT molecular complexity index is 645. The number of aryl methyl sites for hydroxylation is 1. The molecular weight excluding hydrogens is 459 g/mol. The number of likely N-dealkylation sites (tertiary alicyclic amines) is 2. The van der Waals surface area contributed by atoms with Crippen molar-refractivity contribution in [3.05, 3.63) is 35.4 Å². The van der Waals surface area contributed by atoms with Crippen LogP contribution in [-0.4, -0.2) is 55.5 Å². The van der Waals surface area contributed by atoms with Gasteiger partial charge in [0.25, 0.3) is 0 Å². The van der Waals surface area contributed by atoms with E-state index in [0.29, 0.717) is 5.41 Å². The number of benzene rings is 1. The maximum atomic E-state index is 4.58. The summed E-state index contributed by atoms with van der Waals surface area (Å²) in [4.78, 5) is 9.69. The molecule has 156 valence electrons. The van der Waals surface area contributed by atoms with Gasteiger partial charge in [-0.05, 0) is 69.0 Å². The van der Waals surface area contributed by atoms with Crippen molar-refractivity contribution in [2.24, 2.45) is 16.3 Å². The van der Waals surface area contributed by atoms with Gasteiger partial charge in [-0.15, -0.1) is 24.0 Å². The summed E-state index contributed by atoms with van der Waals surface area (Å²) in [7, 11) is 1.94. The molecule has 5 heteroatoms. The van der Waals surface area contributed by atoms with E-state index >= 15 is 0 Å². The maximum Gasteiger partial charge on any atom is 0.193 e. The van der Waals surface area contributed by atoms with Crippen LogP contribution in [0.1, 0.15) is 49.7 Å². The van der Waals surface area contributed by atoms with Crippen LogP contribution in [0.4, 0.5) is 0 Å². The van der Waals surface area contributed by atoms with Gasteiger partial charge in [0.1, 0.15) is 0 Å². The van der Waals surface area contributed by atoms with E-state index in [4.69, 9.17) is 0 Å². The number of rotatable bonds is 4. The van der Waals surface area contributed by atoms with Gasteiger partial charge in [0.05, 0.1) is 0 Å². The van der Waals surface area contributed by atoms with Crippen LogP contribution in [0, 0.1) is 18.3 Å². The van der Waals surface area contributed by atoms with Crippen molar-refractivity contribution < 1.29 is 0 Å². The second-order valence-electron chi connectivity index (χ2n) is 9.16. The van der Waals surface area contributed by atoms with Gasteiger partial charge in [-0.25, -0.2) is 0 Å². The Balaban J connectivity index is 0.00000225. The Morgan fingerprint density at radius 3 is 2.39 bits per heavy atom. The predicted molar refractivity (Wildman–Crippen MR) is 128 cm³/mol. The van der Waals surface area contributed by atoms with Crippen LogP contribution in [-0.2, 0) is 6.54 Å². The molecule has 4 nitrogen and oxygen atoms in total. The Morgan fingerprint density at radius 1 is 1.11 bits per heavy atom. The van der Waals surface area contributed by atoms with E-state index in [2.05, 4.69) is 51.3 Å². The second-order valence-corrected chi connectivity index (χ2v) is 9.16. The van der Waals surface area contributed by atoms with E-state index in [0.717, 1.165) is 25.0 Å². The lowest BCUT2D eigenvalue weighted by atomic mass is 9.68. The third kappa shape index (κ3) is 5.21. The minimum Gasteiger partial charge on any atom is -0.356 e. The molecule has 1 spiro atoms. The molecule has 0 unspecified atom stereocenters. The minimum atomic E-state index is 0.